The predicted molar refractivity (Wildman–Crippen MR) is 112 cm³/mol. The molecule has 0 bridgehead atoms. The number of rotatable bonds is 6. The van der Waals surface area contributed by atoms with Crippen molar-refractivity contribution < 1.29 is 27.1 Å². The number of carbonyl (C=O) groups excluding carboxylic acids is 1. The Kier molecular flexibility index (Phi) is 7.09. The van der Waals surface area contributed by atoms with Crippen molar-refractivity contribution in [2.75, 3.05) is 38.7 Å². The highest BCUT2D eigenvalue weighted by molar-refractivity contribution is 7.89. The van der Waals surface area contributed by atoms with Crippen LogP contribution in [-0.4, -0.2) is 52.0 Å². The summed E-state index contributed by atoms with van der Waals surface area (Å²) in [4.78, 5) is 12.1. The molecule has 1 amide bonds. The van der Waals surface area contributed by atoms with E-state index in [4.69, 9.17) is 21.1 Å². The minimum atomic E-state index is -3.78. The van der Waals surface area contributed by atoms with E-state index in [2.05, 4.69) is 5.32 Å². The minimum absolute atomic E-state index is 0.0137. The molecule has 0 aliphatic carbocycles. The maximum absolute atomic E-state index is 13.2. The topological polar surface area (TPSA) is 84.9 Å². The molecule has 0 atom stereocenters. The number of morpholine rings is 1. The summed E-state index contributed by atoms with van der Waals surface area (Å²) in [6.07, 6.45) is 2.71. The summed E-state index contributed by atoms with van der Waals surface area (Å²) in [5.74, 6) is -0.854. The molecule has 30 heavy (non-hydrogen) atoms. The number of hydrogen-bond donors (Lipinski definition) is 1. The fourth-order valence-corrected chi connectivity index (χ4v) is 4.63. The Bertz CT molecular complexity index is 1070. The smallest absolute Gasteiger partial charge is 0.248 e. The molecule has 1 aliphatic rings. The van der Waals surface area contributed by atoms with E-state index in [1.807, 2.05) is 0 Å². The van der Waals surface area contributed by atoms with Gasteiger partial charge >= 0.3 is 0 Å². The molecule has 3 rings (SSSR count). The molecule has 160 valence electrons. The van der Waals surface area contributed by atoms with E-state index in [-0.39, 0.29) is 28.8 Å². The lowest BCUT2D eigenvalue weighted by atomic mass is 10.2. The standard InChI is InChI=1S/C20H20ClFN2O5S/c1-28-18-6-2-14(12-19(18)30(26,27)24-8-10-29-11-9-24)3-7-20(25)23-15-4-5-17(22)16(21)13-15/h2-7,12-13H,8-11H2,1H3,(H,23,25)/b7-3+. The van der Waals surface area contributed by atoms with Gasteiger partial charge in [-0.3, -0.25) is 4.79 Å². The molecule has 1 fully saturated rings. The fourth-order valence-electron chi connectivity index (χ4n) is 2.85. The van der Waals surface area contributed by atoms with Gasteiger partial charge in [-0.25, -0.2) is 12.8 Å². The van der Waals surface area contributed by atoms with Gasteiger partial charge < -0.3 is 14.8 Å². The third kappa shape index (κ3) is 5.17. The fraction of sp³-hybridized carbons (Fsp3) is 0.250. The first-order valence-corrected chi connectivity index (χ1v) is 10.8. The Labute approximate surface area is 179 Å². The van der Waals surface area contributed by atoms with E-state index >= 15 is 0 Å². The van der Waals surface area contributed by atoms with Gasteiger partial charge in [0.2, 0.25) is 15.9 Å². The number of nitrogens with one attached hydrogen (secondary N) is 1. The summed E-state index contributed by atoms with van der Waals surface area (Å²) in [5.41, 5.74) is 0.830. The minimum Gasteiger partial charge on any atom is -0.495 e. The van der Waals surface area contributed by atoms with Crippen LogP contribution in [0, 0.1) is 5.82 Å². The molecule has 10 heteroatoms. The second-order valence-electron chi connectivity index (χ2n) is 6.38. The van der Waals surface area contributed by atoms with Gasteiger partial charge in [-0.1, -0.05) is 17.7 Å². The zero-order valence-corrected chi connectivity index (χ0v) is 17.7. The van der Waals surface area contributed by atoms with Crippen LogP contribution in [0.15, 0.2) is 47.4 Å². The van der Waals surface area contributed by atoms with Crippen LogP contribution in [0.5, 0.6) is 5.75 Å². The summed E-state index contributed by atoms with van der Waals surface area (Å²) in [6, 6.07) is 8.44. The lowest BCUT2D eigenvalue weighted by Crippen LogP contribution is -2.40. The second kappa shape index (κ2) is 9.57. The van der Waals surface area contributed by atoms with E-state index in [9.17, 15) is 17.6 Å². The molecule has 2 aromatic rings. The molecule has 1 saturated heterocycles. The quantitative estimate of drug-likeness (QED) is 0.678. The number of carbonyl (C=O) groups is 1. The maximum Gasteiger partial charge on any atom is 0.248 e. The van der Waals surface area contributed by atoms with Crippen molar-refractivity contribution in [2.24, 2.45) is 0 Å². The van der Waals surface area contributed by atoms with E-state index in [0.717, 1.165) is 6.07 Å². The zero-order chi connectivity index (χ0) is 21.7. The first-order valence-electron chi connectivity index (χ1n) is 9.01. The molecular formula is C20H20ClFN2O5S. The van der Waals surface area contributed by atoms with Crippen LogP contribution >= 0.6 is 11.6 Å². The van der Waals surface area contributed by atoms with Gasteiger partial charge in [-0.05, 0) is 42.0 Å². The lowest BCUT2D eigenvalue weighted by Gasteiger charge is -2.26. The van der Waals surface area contributed by atoms with Crippen molar-refractivity contribution in [1.29, 1.82) is 0 Å². The number of hydrogen-bond acceptors (Lipinski definition) is 5. The van der Waals surface area contributed by atoms with Crippen molar-refractivity contribution in [3.05, 3.63) is 58.9 Å². The SMILES string of the molecule is COc1ccc(/C=C/C(=O)Nc2ccc(F)c(Cl)c2)cc1S(=O)(=O)N1CCOCC1. The lowest BCUT2D eigenvalue weighted by molar-refractivity contribution is -0.111. The van der Waals surface area contributed by atoms with Crippen LogP contribution in [0.25, 0.3) is 6.08 Å². The van der Waals surface area contributed by atoms with Gasteiger partial charge in [0.05, 0.1) is 25.3 Å². The molecule has 7 nitrogen and oxygen atoms in total. The van der Waals surface area contributed by atoms with Crippen LogP contribution in [-0.2, 0) is 19.6 Å². The summed E-state index contributed by atoms with van der Waals surface area (Å²) in [6.45, 7) is 1.17. The Morgan fingerprint density at radius 3 is 2.63 bits per heavy atom. The molecule has 1 aliphatic heterocycles. The molecule has 0 saturated carbocycles. The normalized spacial score (nSPS) is 15.3. The monoisotopic (exact) mass is 454 g/mol. The van der Waals surface area contributed by atoms with Crippen molar-refractivity contribution in [3.63, 3.8) is 0 Å². The number of benzene rings is 2. The number of methoxy groups -OCH3 is 1. The Morgan fingerprint density at radius 1 is 1.23 bits per heavy atom. The van der Waals surface area contributed by atoms with Gasteiger partial charge in [-0.2, -0.15) is 4.31 Å². The number of amides is 1. The van der Waals surface area contributed by atoms with Gasteiger partial charge in [0.1, 0.15) is 16.5 Å². The maximum atomic E-state index is 13.2. The first-order chi connectivity index (χ1) is 14.3. The third-order valence-electron chi connectivity index (χ3n) is 4.39. The molecule has 0 radical (unpaired) electrons. The number of sulfonamides is 1. The second-order valence-corrected chi connectivity index (χ2v) is 8.69. The Balaban J connectivity index is 1.80. The average Bonchev–Trinajstić information content (AvgIpc) is 2.75. The predicted octanol–water partition coefficient (Wildman–Crippen LogP) is 3.16. The highest BCUT2D eigenvalue weighted by Gasteiger charge is 2.29. The number of nitrogens with zero attached hydrogens (tertiary/aromatic N) is 1. The molecule has 0 aromatic heterocycles. The van der Waals surface area contributed by atoms with Crippen molar-refractivity contribution in [1.82, 2.24) is 4.31 Å². The van der Waals surface area contributed by atoms with Crippen LogP contribution in [0.1, 0.15) is 5.56 Å². The van der Waals surface area contributed by atoms with Crippen molar-refractivity contribution in [3.8, 4) is 5.75 Å². The number of ether oxygens (including phenoxy) is 2. The summed E-state index contributed by atoms with van der Waals surface area (Å²) in [7, 11) is -2.39. The molecule has 2 aromatic carbocycles. The largest absolute Gasteiger partial charge is 0.495 e. The molecular weight excluding hydrogens is 435 g/mol. The van der Waals surface area contributed by atoms with E-state index in [1.165, 1.54) is 47.8 Å². The first kappa shape index (κ1) is 22.2. The molecule has 0 spiro atoms. The van der Waals surface area contributed by atoms with Crippen LogP contribution < -0.4 is 10.1 Å². The summed E-state index contributed by atoms with van der Waals surface area (Å²) >= 11 is 5.70. The highest BCUT2D eigenvalue weighted by atomic mass is 35.5. The van der Waals surface area contributed by atoms with Gasteiger partial charge in [0, 0.05) is 24.9 Å². The zero-order valence-electron chi connectivity index (χ0n) is 16.1. The van der Waals surface area contributed by atoms with Gasteiger partial charge in [0.15, 0.2) is 0 Å². The van der Waals surface area contributed by atoms with Gasteiger partial charge in [-0.15, -0.1) is 0 Å². The van der Waals surface area contributed by atoms with Crippen LogP contribution in [0.3, 0.4) is 0 Å². The number of anilines is 1. The van der Waals surface area contributed by atoms with E-state index < -0.39 is 21.7 Å². The average molecular weight is 455 g/mol. The van der Waals surface area contributed by atoms with Crippen molar-refractivity contribution in [2.45, 2.75) is 4.90 Å². The summed E-state index contributed by atoms with van der Waals surface area (Å²) in [5, 5.41) is 2.45. The summed E-state index contributed by atoms with van der Waals surface area (Å²) < 4.78 is 51.0. The van der Waals surface area contributed by atoms with Crippen LogP contribution in [0.4, 0.5) is 10.1 Å². The Hall–Kier alpha value is -2.46. The van der Waals surface area contributed by atoms with E-state index in [0.29, 0.717) is 24.5 Å². The molecule has 0 unspecified atom stereocenters. The van der Waals surface area contributed by atoms with Gasteiger partial charge in [0.25, 0.3) is 0 Å². The number of halogens is 2. The molecule has 1 heterocycles. The molecule has 1 N–H and O–H groups in total. The third-order valence-corrected chi connectivity index (χ3v) is 6.60. The van der Waals surface area contributed by atoms with Crippen LogP contribution in [0.2, 0.25) is 5.02 Å². The highest BCUT2D eigenvalue weighted by Crippen LogP contribution is 2.29. The Morgan fingerprint density at radius 2 is 1.97 bits per heavy atom. The van der Waals surface area contributed by atoms with E-state index in [1.54, 1.807) is 6.07 Å². The van der Waals surface area contributed by atoms with Crippen molar-refractivity contribution >= 4 is 39.3 Å².